The van der Waals surface area contributed by atoms with E-state index in [-0.39, 0.29) is 23.1 Å². The smallest absolute Gasteiger partial charge is 0.313 e. The average molecular weight is 383 g/mol. The second-order valence-corrected chi connectivity index (χ2v) is 7.36. The molecule has 0 saturated heterocycles. The molecule has 0 fully saturated rings. The molecule has 1 atom stereocenters. The molecule has 1 aromatic carbocycles. The minimum atomic E-state index is -0.208. The maximum Gasteiger partial charge on any atom is 0.340 e. The Bertz CT molecular complexity index is 855. The van der Waals surface area contributed by atoms with Crippen molar-refractivity contribution in [2.24, 2.45) is 5.92 Å². The highest BCUT2D eigenvalue weighted by molar-refractivity contribution is 7.99. The van der Waals surface area contributed by atoms with Gasteiger partial charge in [-0.05, 0) is 23.6 Å². The first-order valence-electron chi connectivity index (χ1n) is 8.59. The first kappa shape index (κ1) is 18.9. The van der Waals surface area contributed by atoms with Gasteiger partial charge in [0, 0.05) is 23.7 Å². The number of carbonyl (C=O) groups is 1. The zero-order valence-electron chi connectivity index (χ0n) is 15.1. The Labute approximate surface area is 161 Å². The van der Waals surface area contributed by atoms with Crippen molar-refractivity contribution in [2.75, 3.05) is 5.43 Å². The Kier molecular flexibility index (Phi) is 6.43. The van der Waals surface area contributed by atoms with E-state index in [4.69, 9.17) is 4.52 Å². The second-order valence-electron chi connectivity index (χ2n) is 6.23. The van der Waals surface area contributed by atoms with Gasteiger partial charge >= 0.3 is 6.01 Å². The van der Waals surface area contributed by atoms with Crippen molar-refractivity contribution in [3.8, 4) is 11.4 Å². The number of carbonyl (C=O) groups excluding carboxylic acids is 1. The SMILES string of the molecule is CC(C)C(SCc1ccccc1)C(=O)NNc1nc(-c2ccncc2)no1. The molecule has 3 aromatic rings. The molecule has 2 heterocycles. The van der Waals surface area contributed by atoms with E-state index >= 15 is 0 Å². The largest absolute Gasteiger partial charge is 0.340 e. The van der Waals surface area contributed by atoms with Gasteiger partial charge < -0.3 is 4.52 Å². The summed E-state index contributed by atoms with van der Waals surface area (Å²) in [7, 11) is 0. The molecular weight excluding hydrogens is 362 g/mol. The number of nitrogens with one attached hydrogen (secondary N) is 2. The van der Waals surface area contributed by atoms with Crippen molar-refractivity contribution in [2.45, 2.75) is 24.9 Å². The van der Waals surface area contributed by atoms with Gasteiger partial charge in [0.1, 0.15) is 0 Å². The molecule has 0 saturated carbocycles. The number of aromatic nitrogens is 3. The third kappa shape index (κ3) is 5.30. The van der Waals surface area contributed by atoms with Crippen LogP contribution in [-0.2, 0) is 10.5 Å². The van der Waals surface area contributed by atoms with Gasteiger partial charge in [0.15, 0.2) is 0 Å². The predicted molar refractivity (Wildman–Crippen MR) is 106 cm³/mol. The van der Waals surface area contributed by atoms with Gasteiger partial charge in [-0.2, -0.15) is 4.98 Å². The molecule has 27 heavy (non-hydrogen) atoms. The minimum Gasteiger partial charge on any atom is -0.313 e. The third-order valence-electron chi connectivity index (χ3n) is 3.79. The van der Waals surface area contributed by atoms with Crippen molar-refractivity contribution in [1.29, 1.82) is 0 Å². The fourth-order valence-corrected chi connectivity index (χ4v) is 3.57. The molecule has 0 radical (unpaired) electrons. The Hall–Kier alpha value is -2.87. The number of amides is 1. The maximum atomic E-state index is 12.6. The summed E-state index contributed by atoms with van der Waals surface area (Å²) in [6.45, 7) is 4.05. The summed E-state index contributed by atoms with van der Waals surface area (Å²) in [6, 6.07) is 13.8. The van der Waals surface area contributed by atoms with Gasteiger partial charge in [0.05, 0.1) is 5.25 Å². The highest BCUT2D eigenvalue weighted by Crippen LogP contribution is 2.24. The van der Waals surface area contributed by atoms with Crippen LogP contribution < -0.4 is 10.9 Å². The Morgan fingerprint density at radius 1 is 1.15 bits per heavy atom. The van der Waals surface area contributed by atoms with Crippen LogP contribution >= 0.6 is 11.8 Å². The zero-order valence-corrected chi connectivity index (χ0v) is 15.9. The number of hydrogen-bond acceptors (Lipinski definition) is 7. The molecule has 1 amide bonds. The molecule has 2 N–H and O–H groups in total. The Balaban J connectivity index is 1.55. The number of nitrogens with zero attached hydrogens (tertiary/aromatic N) is 3. The van der Waals surface area contributed by atoms with Gasteiger partial charge in [-0.1, -0.05) is 49.3 Å². The number of thioether (sulfide) groups is 1. The first-order valence-corrected chi connectivity index (χ1v) is 9.64. The molecular formula is C19H21N5O2S. The molecule has 2 aromatic heterocycles. The number of benzene rings is 1. The monoisotopic (exact) mass is 383 g/mol. The lowest BCUT2D eigenvalue weighted by molar-refractivity contribution is -0.120. The lowest BCUT2D eigenvalue weighted by atomic mass is 10.1. The standard InChI is InChI=1S/C19H21N5O2S/c1-13(2)16(27-12-14-6-4-3-5-7-14)18(25)22-23-19-21-17(24-26-19)15-8-10-20-11-9-15/h3-11,13,16H,12H2,1-2H3,(H,22,25)(H,21,23,24). The van der Waals surface area contributed by atoms with Crippen molar-refractivity contribution in [1.82, 2.24) is 20.6 Å². The maximum absolute atomic E-state index is 12.6. The van der Waals surface area contributed by atoms with Crippen LogP contribution in [0.5, 0.6) is 0 Å². The summed E-state index contributed by atoms with van der Waals surface area (Å²) in [6.07, 6.45) is 3.30. The molecule has 8 heteroatoms. The van der Waals surface area contributed by atoms with Crippen LogP contribution in [0.25, 0.3) is 11.4 Å². The first-order chi connectivity index (χ1) is 13.1. The van der Waals surface area contributed by atoms with E-state index in [2.05, 4.69) is 38.1 Å². The summed E-state index contributed by atoms with van der Waals surface area (Å²) in [5.74, 6) is 1.24. The van der Waals surface area contributed by atoms with Gasteiger partial charge in [-0.15, -0.1) is 11.8 Å². The molecule has 3 rings (SSSR count). The van der Waals surface area contributed by atoms with Crippen LogP contribution in [0.4, 0.5) is 6.01 Å². The summed E-state index contributed by atoms with van der Waals surface area (Å²) in [5.41, 5.74) is 7.33. The predicted octanol–water partition coefficient (Wildman–Crippen LogP) is 3.53. The molecule has 0 bridgehead atoms. The summed E-state index contributed by atoms with van der Waals surface area (Å²) in [5, 5.41) is 3.68. The number of hydrazine groups is 1. The topological polar surface area (TPSA) is 92.9 Å². The van der Waals surface area contributed by atoms with E-state index in [1.165, 1.54) is 5.56 Å². The van der Waals surface area contributed by atoms with Crippen molar-refractivity contribution >= 4 is 23.7 Å². The van der Waals surface area contributed by atoms with E-state index < -0.39 is 0 Å². The van der Waals surface area contributed by atoms with Gasteiger partial charge in [-0.25, -0.2) is 5.43 Å². The minimum absolute atomic E-state index is 0.130. The highest BCUT2D eigenvalue weighted by Gasteiger charge is 2.23. The van der Waals surface area contributed by atoms with Gasteiger partial charge in [-0.3, -0.25) is 15.2 Å². The molecule has 1 unspecified atom stereocenters. The van der Waals surface area contributed by atoms with Crippen LogP contribution in [0, 0.1) is 5.92 Å². The lowest BCUT2D eigenvalue weighted by Crippen LogP contribution is -2.39. The molecule has 0 spiro atoms. The van der Waals surface area contributed by atoms with E-state index in [0.717, 1.165) is 11.3 Å². The van der Waals surface area contributed by atoms with Gasteiger partial charge in [0.2, 0.25) is 5.82 Å². The van der Waals surface area contributed by atoms with E-state index in [0.29, 0.717) is 5.82 Å². The summed E-state index contributed by atoms with van der Waals surface area (Å²) < 4.78 is 5.12. The molecule has 0 aliphatic carbocycles. The number of rotatable bonds is 8. The highest BCUT2D eigenvalue weighted by atomic mass is 32.2. The number of pyridine rings is 1. The fraction of sp³-hybridized carbons (Fsp3) is 0.263. The van der Waals surface area contributed by atoms with Crippen LogP contribution in [0.3, 0.4) is 0 Å². The van der Waals surface area contributed by atoms with E-state index in [1.54, 1.807) is 36.3 Å². The summed E-state index contributed by atoms with van der Waals surface area (Å²) >= 11 is 1.60. The second kappa shape index (κ2) is 9.18. The summed E-state index contributed by atoms with van der Waals surface area (Å²) in [4.78, 5) is 20.7. The van der Waals surface area contributed by atoms with Crippen molar-refractivity contribution in [3.63, 3.8) is 0 Å². The Morgan fingerprint density at radius 3 is 2.59 bits per heavy atom. The quantitative estimate of drug-likeness (QED) is 0.575. The van der Waals surface area contributed by atoms with Crippen LogP contribution in [0.2, 0.25) is 0 Å². The lowest BCUT2D eigenvalue weighted by Gasteiger charge is -2.19. The van der Waals surface area contributed by atoms with Crippen LogP contribution in [-0.4, -0.2) is 26.3 Å². The molecule has 0 aliphatic rings. The fourth-order valence-electron chi connectivity index (χ4n) is 2.41. The van der Waals surface area contributed by atoms with Crippen molar-refractivity contribution < 1.29 is 9.32 Å². The number of hydrogen-bond donors (Lipinski definition) is 2. The van der Waals surface area contributed by atoms with Gasteiger partial charge in [0.25, 0.3) is 5.91 Å². The van der Waals surface area contributed by atoms with E-state index in [9.17, 15) is 4.79 Å². The molecule has 0 aliphatic heterocycles. The Morgan fingerprint density at radius 2 is 1.89 bits per heavy atom. The zero-order chi connectivity index (χ0) is 19.1. The van der Waals surface area contributed by atoms with Crippen LogP contribution in [0.1, 0.15) is 19.4 Å². The van der Waals surface area contributed by atoms with Crippen molar-refractivity contribution in [3.05, 3.63) is 60.4 Å². The average Bonchev–Trinajstić information content (AvgIpc) is 3.17. The third-order valence-corrected chi connectivity index (χ3v) is 5.41. The normalized spacial score (nSPS) is 12.0. The number of anilines is 1. The van der Waals surface area contributed by atoms with E-state index in [1.807, 2.05) is 32.0 Å². The van der Waals surface area contributed by atoms with Crippen LogP contribution in [0.15, 0.2) is 59.4 Å². The molecule has 7 nitrogen and oxygen atoms in total. The molecule has 140 valence electrons.